The Morgan fingerprint density at radius 2 is 2.18 bits per heavy atom. The van der Waals surface area contributed by atoms with Gasteiger partial charge in [-0.3, -0.25) is 0 Å². The van der Waals surface area contributed by atoms with Crippen molar-refractivity contribution in [3.05, 3.63) is 0 Å². The summed E-state index contributed by atoms with van der Waals surface area (Å²) in [6.45, 7) is 2.44. The van der Waals surface area contributed by atoms with Crippen LogP contribution in [0.15, 0.2) is 0 Å². The standard InChI is InChI=1S/C7H17NO3/c1-3-7(9)6(8)4-11-5-10-2/h6-7,9H,3-5,8H2,1-2H3/t6-,7-/m0/s1. The number of aliphatic hydroxyl groups excluding tert-OH is 1. The summed E-state index contributed by atoms with van der Waals surface area (Å²) in [4.78, 5) is 0. The second-order valence-electron chi connectivity index (χ2n) is 2.42. The first-order valence-electron chi connectivity index (χ1n) is 3.72. The fourth-order valence-corrected chi connectivity index (χ4v) is 0.681. The van der Waals surface area contributed by atoms with Gasteiger partial charge in [0.1, 0.15) is 6.79 Å². The third-order valence-corrected chi connectivity index (χ3v) is 1.42. The molecule has 0 aromatic rings. The first-order chi connectivity index (χ1) is 5.22. The molecule has 2 atom stereocenters. The average molecular weight is 163 g/mol. The highest BCUT2D eigenvalue weighted by Crippen LogP contribution is 1.95. The summed E-state index contributed by atoms with van der Waals surface area (Å²) >= 11 is 0. The van der Waals surface area contributed by atoms with Gasteiger partial charge < -0.3 is 20.3 Å². The summed E-state index contributed by atoms with van der Waals surface area (Å²) < 4.78 is 9.61. The minimum absolute atomic E-state index is 0.226. The Bertz CT molecular complexity index is 89.8. The van der Waals surface area contributed by atoms with Gasteiger partial charge >= 0.3 is 0 Å². The minimum Gasteiger partial charge on any atom is -0.391 e. The van der Waals surface area contributed by atoms with E-state index in [1.165, 1.54) is 0 Å². The molecule has 0 spiro atoms. The van der Waals surface area contributed by atoms with Crippen LogP contribution in [0.3, 0.4) is 0 Å². The average Bonchev–Trinajstić information content (AvgIpc) is 2.03. The number of methoxy groups -OCH3 is 1. The molecule has 4 nitrogen and oxygen atoms in total. The molecule has 11 heavy (non-hydrogen) atoms. The first-order valence-corrected chi connectivity index (χ1v) is 3.72. The van der Waals surface area contributed by atoms with Crippen LogP contribution in [0.4, 0.5) is 0 Å². The Hall–Kier alpha value is -0.160. The molecular formula is C7H17NO3. The predicted molar refractivity (Wildman–Crippen MR) is 42.1 cm³/mol. The second kappa shape index (κ2) is 6.54. The molecule has 0 aliphatic rings. The number of ether oxygens (including phenoxy) is 2. The molecule has 0 aliphatic carbocycles. The lowest BCUT2D eigenvalue weighted by molar-refractivity contribution is -0.0463. The Morgan fingerprint density at radius 3 is 2.64 bits per heavy atom. The smallest absolute Gasteiger partial charge is 0.146 e. The monoisotopic (exact) mass is 163 g/mol. The molecule has 4 heteroatoms. The van der Waals surface area contributed by atoms with Crippen molar-refractivity contribution in [3.63, 3.8) is 0 Å². The Morgan fingerprint density at radius 1 is 1.55 bits per heavy atom. The molecule has 0 aromatic carbocycles. The number of rotatable bonds is 6. The third kappa shape index (κ3) is 5.15. The lowest BCUT2D eigenvalue weighted by Gasteiger charge is -2.16. The van der Waals surface area contributed by atoms with Gasteiger partial charge in [0.2, 0.25) is 0 Å². The molecule has 0 heterocycles. The molecule has 0 saturated heterocycles. The van der Waals surface area contributed by atoms with Crippen molar-refractivity contribution in [1.29, 1.82) is 0 Å². The van der Waals surface area contributed by atoms with E-state index < -0.39 is 6.10 Å². The summed E-state index contributed by atoms with van der Waals surface area (Å²) in [5, 5.41) is 9.18. The molecule has 0 unspecified atom stereocenters. The maximum absolute atomic E-state index is 9.18. The summed E-state index contributed by atoms with van der Waals surface area (Å²) in [6.07, 6.45) is 0.171. The maximum Gasteiger partial charge on any atom is 0.146 e. The van der Waals surface area contributed by atoms with Crippen LogP contribution in [0.1, 0.15) is 13.3 Å². The van der Waals surface area contributed by atoms with Crippen LogP contribution < -0.4 is 5.73 Å². The highest BCUT2D eigenvalue weighted by Gasteiger charge is 2.11. The van der Waals surface area contributed by atoms with Crippen LogP contribution >= 0.6 is 0 Å². The highest BCUT2D eigenvalue weighted by atomic mass is 16.7. The van der Waals surface area contributed by atoms with Gasteiger partial charge in [-0.05, 0) is 6.42 Å². The molecule has 0 amide bonds. The quantitative estimate of drug-likeness (QED) is 0.417. The van der Waals surface area contributed by atoms with Gasteiger partial charge in [0.15, 0.2) is 0 Å². The fraction of sp³-hybridized carbons (Fsp3) is 1.00. The number of aliphatic hydroxyl groups is 1. The Kier molecular flexibility index (Phi) is 6.45. The van der Waals surface area contributed by atoms with E-state index >= 15 is 0 Å². The van der Waals surface area contributed by atoms with Crippen LogP contribution in [0, 0.1) is 0 Å². The summed E-state index contributed by atoms with van der Waals surface area (Å²) in [7, 11) is 1.54. The topological polar surface area (TPSA) is 64.7 Å². The minimum atomic E-state index is -0.480. The molecule has 0 aromatic heterocycles. The molecule has 0 aliphatic heterocycles. The zero-order chi connectivity index (χ0) is 8.69. The molecule has 0 radical (unpaired) electrons. The van der Waals surface area contributed by atoms with E-state index in [1.807, 2.05) is 6.92 Å². The van der Waals surface area contributed by atoms with Crippen molar-refractivity contribution < 1.29 is 14.6 Å². The van der Waals surface area contributed by atoms with E-state index in [2.05, 4.69) is 4.74 Å². The first kappa shape index (κ1) is 10.8. The molecule has 0 saturated carbocycles. The van der Waals surface area contributed by atoms with Crippen LogP contribution in [0.25, 0.3) is 0 Å². The fourth-order valence-electron chi connectivity index (χ4n) is 0.681. The molecule has 68 valence electrons. The number of nitrogens with two attached hydrogens (primary N) is 1. The van der Waals surface area contributed by atoms with E-state index in [0.29, 0.717) is 13.0 Å². The summed E-state index contributed by atoms with van der Waals surface area (Å²) in [5.41, 5.74) is 5.54. The van der Waals surface area contributed by atoms with Crippen molar-refractivity contribution in [2.24, 2.45) is 5.73 Å². The predicted octanol–water partition coefficient (Wildman–Crippen LogP) is -0.295. The van der Waals surface area contributed by atoms with Crippen molar-refractivity contribution in [2.45, 2.75) is 25.5 Å². The zero-order valence-corrected chi connectivity index (χ0v) is 7.12. The molecule has 0 fully saturated rings. The third-order valence-electron chi connectivity index (χ3n) is 1.42. The maximum atomic E-state index is 9.18. The SMILES string of the molecule is CC[C@H](O)[C@@H](N)COCOC. The highest BCUT2D eigenvalue weighted by molar-refractivity contribution is 4.68. The molecular weight excluding hydrogens is 146 g/mol. The normalized spacial score (nSPS) is 16.4. The van der Waals surface area contributed by atoms with Crippen molar-refractivity contribution in [2.75, 3.05) is 20.5 Å². The van der Waals surface area contributed by atoms with Gasteiger partial charge in [-0.15, -0.1) is 0 Å². The lowest BCUT2D eigenvalue weighted by atomic mass is 10.1. The van der Waals surface area contributed by atoms with Crippen molar-refractivity contribution in [1.82, 2.24) is 0 Å². The molecule has 3 N–H and O–H groups in total. The van der Waals surface area contributed by atoms with E-state index in [9.17, 15) is 5.11 Å². The van der Waals surface area contributed by atoms with Gasteiger partial charge in [0, 0.05) is 7.11 Å². The lowest BCUT2D eigenvalue weighted by Crippen LogP contribution is -2.38. The van der Waals surface area contributed by atoms with Gasteiger partial charge in [0.05, 0.1) is 18.8 Å². The largest absolute Gasteiger partial charge is 0.391 e. The number of hydrogen-bond acceptors (Lipinski definition) is 4. The zero-order valence-electron chi connectivity index (χ0n) is 7.12. The Labute approximate surface area is 67.3 Å². The van der Waals surface area contributed by atoms with E-state index in [4.69, 9.17) is 10.5 Å². The summed E-state index contributed by atoms with van der Waals surface area (Å²) in [6, 6.07) is -0.310. The molecule has 0 rings (SSSR count). The Balaban J connectivity index is 3.28. The van der Waals surface area contributed by atoms with E-state index in [0.717, 1.165) is 0 Å². The van der Waals surface area contributed by atoms with Crippen molar-refractivity contribution >= 4 is 0 Å². The number of hydrogen-bond donors (Lipinski definition) is 2. The van der Waals surface area contributed by atoms with Gasteiger partial charge in [-0.1, -0.05) is 6.92 Å². The van der Waals surface area contributed by atoms with Crippen LogP contribution in [-0.4, -0.2) is 37.8 Å². The van der Waals surface area contributed by atoms with Gasteiger partial charge in [0.25, 0.3) is 0 Å². The van der Waals surface area contributed by atoms with Gasteiger partial charge in [-0.25, -0.2) is 0 Å². The molecule has 0 bridgehead atoms. The summed E-state index contributed by atoms with van der Waals surface area (Å²) in [5.74, 6) is 0. The van der Waals surface area contributed by atoms with E-state index in [-0.39, 0.29) is 12.8 Å². The van der Waals surface area contributed by atoms with Crippen LogP contribution in [0.2, 0.25) is 0 Å². The van der Waals surface area contributed by atoms with Crippen molar-refractivity contribution in [3.8, 4) is 0 Å². The van der Waals surface area contributed by atoms with Gasteiger partial charge in [-0.2, -0.15) is 0 Å². The second-order valence-corrected chi connectivity index (χ2v) is 2.42. The van der Waals surface area contributed by atoms with Crippen LogP contribution in [-0.2, 0) is 9.47 Å². The van der Waals surface area contributed by atoms with E-state index in [1.54, 1.807) is 7.11 Å². The van der Waals surface area contributed by atoms with Crippen LogP contribution in [0.5, 0.6) is 0 Å².